The number of H-pyrrole nitrogens is 1. The number of aromatic nitrogens is 2. The van der Waals surface area contributed by atoms with Crippen molar-refractivity contribution in [3.63, 3.8) is 0 Å². The van der Waals surface area contributed by atoms with E-state index in [1.54, 1.807) is 12.1 Å². The second-order valence-electron chi connectivity index (χ2n) is 6.80. The molecule has 3 N–H and O–H groups in total. The van der Waals surface area contributed by atoms with E-state index in [1.165, 1.54) is 24.3 Å². The molecular formula is C20H16F4N4O. The maximum absolute atomic E-state index is 13.6. The first-order valence-corrected chi connectivity index (χ1v) is 8.91. The molecule has 1 fully saturated rings. The number of nitrogens with one attached hydrogen (secondary N) is 3. The van der Waals surface area contributed by atoms with Gasteiger partial charge in [0.05, 0.1) is 16.9 Å². The molecule has 29 heavy (non-hydrogen) atoms. The number of benzene rings is 2. The van der Waals surface area contributed by atoms with E-state index in [0.717, 1.165) is 30.7 Å². The van der Waals surface area contributed by atoms with Crippen LogP contribution in [0.3, 0.4) is 0 Å². The summed E-state index contributed by atoms with van der Waals surface area (Å²) in [6.45, 7) is 0. The van der Waals surface area contributed by atoms with Crippen molar-refractivity contribution in [1.29, 1.82) is 0 Å². The van der Waals surface area contributed by atoms with Crippen LogP contribution in [-0.2, 0) is 6.18 Å². The fraction of sp³-hybridized carbons (Fsp3) is 0.200. The van der Waals surface area contributed by atoms with Crippen LogP contribution >= 0.6 is 0 Å². The van der Waals surface area contributed by atoms with E-state index in [0.29, 0.717) is 16.9 Å². The summed E-state index contributed by atoms with van der Waals surface area (Å²) in [6.07, 6.45) is -2.56. The standard InChI is InChI=1S/C20H16F4N4O/c21-14-3-1-2-12(10-14)17-18(16(27-28-17)11-4-5-11)26-19(29)25-15-8-6-13(7-9-15)20(22,23)24/h1-3,6-11H,4-5H2,(H,27,28)(H2,25,26,29). The maximum atomic E-state index is 13.6. The fourth-order valence-corrected chi connectivity index (χ4v) is 3.01. The molecule has 0 spiro atoms. The van der Waals surface area contributed by atoms with E-state index < -0.39 is 23.6 Å². The van der Waals surface area contributed by atoms with Crippen molar-refractivity contribution in [1.82, 2.24) is 10.2 Å². The predicted octanol–water partition coefficient (Wildman–Crippen LogP) is 5.76. The minimum absolute atomic E-state index is 0.208. The number of alkyl halides is 3. The monoisotopic (exact) mass is 404 g/mol. The van der Waals surface area contributed by atoms with Gasteiger partial charge in [0, 0.05) is 17.2 Å². The summed E-state index contributed by atoms with van der Waals surface area (Å²) in [5, 5.41) is 12.3. The Balaban J connectivity index is 1.55. The van der Waals surface area contributed by atoms with Gasteiger partial charge in [0.2, 0.25) is 0 Å². The van der Waals surface area contributed by atoms with Crippen LogP contribution in [0.2, 0.25) is 0 Å². The molecule has 4 rings (SSSR count). The lowest BCUT2D eigenvalue weighted by Gasteiger charge is -2.11. The first-order valence-electron chi connectivity index (χ1n) is 8.91. The highest BCUT2D eigenvalue weighted by atomic mass is 19.4. The van der Waals surface area contributed by atoms with E-state index in [1.807, 2.05) is 0 Å². The number of urea groups is 1. The first-order chi connectivity index (χ1) is 13.8. The quantitative estimate of drug-likeness (QED) is 0.484. The number of amides is 2. The number of carbonyl (C=O) groups is 1. The molecule has 1 saturated carbocycles. The van der Waals surface area contributed by atoms with Crippen molar-refractivity contribution < 1.29 is 22.4 Å². The molecule has 1 heterocycles. The van der Waals surface area contributed by atoms with Gasteiger partial charge in [0.15, 0.2) is 0 Å². The second-order valence-corrected chi connectivity index (χ2v) is 6.80. The maximum Gasteiger partial charge on any atom is 0.416 e. The zero-order valence-electron chi connectivity index (χ0n) is 15.0. The molecule has 9 heteroatoms. The Kier molecular flexibility index (Phi) is 4.73. The van der Waals surface area contributed by atoms with Crippen LogP contribution in [0.15, 0.2) is 48.5 Å². The molecule has 2 aromatic carbocycles. The minimum Gasteiger partial charge on any atom is -0.308 e. The van der Waals surface area contributed by atoms with E-state index in [4.69, 9.17) is 0 Å². The number of aromatic amines is 1. The van der Waals surface area contributed by atoms with E-state index in [-0.39, 0.29) is 11.6 Å². The summed E-state index contributed by atoms with van der Waals surface area (Å²) >= 11 is 0. The SMILES string of the molecule is O=C(Nc1ccc(C(F)(F)F)cc1)Nc1c(-c2cccc(F)c2)n[nH]c1C1CC1. The van der Waals surface area contributed by atoms with E-state index >= 15 is 0 Å². The summed E-state index contributed by atoms with van der Waals surface area (Å²) in [5.41, 5.74) is 1.48. The predicted molar refractivity (Wildman–Crippen MR) is 100 cm³/mol. The van der Waals surface area contributed by atoms with Crippen LogP contribution in [-0.4, -0.2) is 16.2 Å². The van der Waals surface area contributed by atoms with Crippen LogP contribution < -0.4 is 10.6 Å². The van der Waals surface area contributed by atoms with Crippen molar-refractivity contribution in [3.8, 4) is 11.3 Å². The topological polar surface area (TPSA) is 69.8 Å². The Hall–Kier alpha value is -3.36. The zero-order valence-corrected chi connectivity index (χ0v) is 15.0. The zero-order chi connectivity index (χ0) is 20.6. The average Bonchev–Trinajstić information content (AvgIpc) is 3.42. The van der Waals surface area contributed by atoms with Crippen LogP contribution in [0.25, 0.3) is 11.3 Å². The molecule has 2 amide bonds. The minimum atomic E-state index is -4.45. The van der Waals surface area contributed by atoms with Crippen LogP contribution in [0.1, 0.15) is 30.0 Å². The van der Waals surface area contributed by atoms with Crippen LogP contribution in [0.5, 0.6) is 0 Å². The van der Waals surface area contributed by atoms with Crippen molar-refractivity contribution >= 4 is 17.4 Å². The molecule has 0 saturated heterocycles. The lowest BCUT2D eigenvalue weighted by atomic mass is 10.1. The molecule has 0 bridgehead atoms. The average molecular weight is 404 g/mol. The molecule has 0 atom stereocenters. The molecule has 0 unspecified atom stereocenters. The number of carbonyl (C=O) groups excluding carboxylic acids is 1. The number of nitrogens with zero attached hydrogens (tertiary/aromatic N) is 1. The molecule has 1 aliphatic rings. The first kappa shape index (κ1) is 19.0. The van der Waals surface area contributed by atoms with Gasteiger partial charge in [-0.1, -0.05) is 12.1 Å². The summed E-state index contributed by atoms with van der Waals surface area (Å²) in [5.74, 6) is -0.204. The Morgan fingerprint density at radius 3 is 2.41 bits per heavy atom. The van der Waals surface area contributed by atoms with Gasteiger partial charge in [-0.2, -0.15) is 18.3 Å². The third-order valence-corrected chi connectivity index (χ3v) is 4.59. The van der Waals surface area contributed by atoms with Gasteiger partial charge in [0.25, 0.3) is 0 Å². The Labute approximate surface area is 163 Å². The third-order valence-electron chi connectivity index (χ3n) is 4.59. The molecule has 0 radical (unpaired) electrons. The summed E-state index contributed by atoms with van der Waals surface area (Å²) < 4.78 is 51.6. The fourth-order valence-electron chi connectivity index (χ4n) is 3.01. The van der Waals surface area contributed by atoms with Gasteiger partial charge < -0.3 is 10.6 Å². The number of halogens is 4. The van der Waals surface area contributed by atoms with Crippen molar-refractivity contribution in [3.05, 3.63) is 65.6 Å². The Bertz CT molecular complexity index is 1040. The number of hydrogen-bond donors (Lipinski definition) is 3. The third kappa shape index (κ3) is 4.23. The highest BCUT2D eigenvalue weighted by Crippen LogP contribution is 2.45. The van der Waals surface area contributed by atoms with Crippen LogP contribution in [0, 0.1) is 5.82 Å². The molecular weight excluding hydrogens is 388 g/mol. The summed E-state index contributed by atoms with van der Waals surface area (Å²) in [6, 6.07) is 9.33. The van der Waals surface area contributed by atoms with Gasteiger partial charge in [-0.3, -0.25) is 5.10 Å². The Morgan fingerprint density at radius 1 is 1.07 bits per heavy atom. The summed E-state index contributed by atoms with van der Waals surface area (Å²) in [7, 11) is 0. The number of hydrogen-bond acceptors (Lipinski definition) is 2. The smallest absolute Gasteiger partial charge is 0.308 e. The number of anilines is 2. The van der Waals surface area contributed by atoms with E-state index in [2.05, 4.69) is 20.8 Å². The largest absolute Gasteiger partial charge is 0.416 e. The van der Waals surface area contributed by atoms with Gasteiger partial charge in [-0.15, -0.1) is 0 Å². The normalized spacial score (nSPS) is 13.9. The van der Waals surface area contributed by atoms with Crippen LogP contribution in [0.4, 0.5) is 33.7 Å². The Morgan fingerprint density at radius 2 is 1.79 bits per heavy atom. The lowest BCUT2D eigenvalue weighted by Crippen LogP contribution is -2.20. The molecule has 5 nitrogen and oxygen atoms in total. The number of rotatable bonds is 4. The molecule has 3 aromatic rings. The lowest BCUT2D eigenvalue weighted by molar-refractivity contribution is -0.137. The molecule has 1 aliphatic carbocycles. The van der Waals surface area contributed by atoms with Gasteiger partial charge in [-0.05, 0) is 49.2 Å². The molecule has 1 aromatic heterocycles. The van der Waals surface area contributed by atoms with Crippen molar-refractivity contribution in [2.45, 2.75) is 24.9 Å². The summed E-state index contributed by atoms with van der Waals surface area (Å²) in [4.78, 5) is 12.4. The molecule has 150 valence electrons. The van der Waals surface area contributed by atoms with Gasteiger partial charge in [-0.25, -0.2) is 9.18 Å². The van der Waals surface area contributed by atoms with Crippen molar-refractivity contribution in [2.24, 2.45) is 0 Å². The van der Waals surface area contributed by atoms with Gasteiger partial charge >= 0.3 is 12.2 Å². The molecule has 0 aliphatic heterocycles. The highest BCUT2D eigenvalue weighted by Gasteiger charge is 2.31. The van der Waals surface area contributed by atoms with Gasteiger partial charge in [0.1, 0.15) is 11.5 Å². The van der Waals surface area contributed by atoms with E-state index in [9.17, 15) is 22.4 Å². The second kappa shape index (κ2) is 7.23. The van der Waals surface area contributed by atoms with Crippen molar-refractivity contribution in [2.75, 3.05) is 10.6 Å². The highest BCUT2D eigenvalue weighted by molar-refractivity contribution is 6.02.